The number of furan rings is 1. The van der Waals surface area contributed by atoms with Crippen molar-refractivity contribution in [3.8, 4) is 0 Å². The Kier molecular flexibility index (Phi) is 3.11. The summed E-state index contributed by atoms with van der Waals surface area (Å²) >= 11 is 5.43. The molecular formula is C10H8BrIN2O2. The number of nitrogens with two attached hydrogens (primary N) is 2. The SMILES string of the molecule is NC(=O)c1c(CI)oc2cc(N)c(Br)cc12. The van der Waals surface area contributed by atoms with E-state index in [1.54, 1.807) is 12.1 Å². The first kappa shape index (κ1) is 11.7. The summed E-state index contributed by atoms with van der Waals surface area (Å²) in [4.78, 5) is 11.4. The maximum absolute atomic E-state index is 11.4. The Balaban J connectivity index is 2.84. The summed E-state index contributed by atoms with van der Waals surface area (Å²) in [6.45, 7) is 0. The van der Waals surface area contributed by atoms with Crippen LogP contribution in [0.5, 0.6) is 0 Å². The van der Waals surface area contributed by atoms with Gasteiger partial charge < -0.3 is 15.9 Å². The number of anilines is 1. The molecule has 16 heavy (non-hydrogen) atoms. The third kappa shape index (κ3) is 1.80. The van der Waals surface area contributed by atoms with Crippen molar-refractivity contribution in [2.75, 3.05) is 5.73 Å². The molecule has 0 aliphatic rings. The van der Waals surface area contributed by atoms with Gasteiger partial charge in [-0.3, -0.25) is 4.79 Å². The number of rotatable bonds is 2. The molecule has 84 valence electrons. The molecule has 6 heteroatoms. The minimum atomic E-state index is -0.484. The van der Waals surface area contributed by atoms with E-state index in [0.29, 0.717) is 32.4 Å². The molecule has 0 saturated heterocycles. The number of halogens is 2. The fourth-order valence-corrected chi connectivity index (χ4v) is 2.43. The van der Waals surface area contributed by atoms with Crippen LogP contribution in [0.3, 0.4) is 0 Å². The summed E-state index contributed by atoms with van der Waals surface area (Å²) in [6, 6.07) is 3.44. The van der Waals surface area contributed by atoms with Crippen LogP contribution >= 0.6 is 38.5 Å². The minimum absolute atomic E-state index is 0.435. The smallest absolute Gasteiger partial charge is 0.252 e. The van der Waals surface area contributed by atoms with Gasteiger partial charge in [-0.05, 0) is 22.0 Å². The summed E-state index contributed by atoms with van der Waals surface area (Å²) in [5, 5.41) is 0.695. The molecule has 0 aliphatic heterocycles. The standard InChI is InChI=1S/C10H8BrIN2O2/c11-5-1-4-7(2-6(5)13)16-8(3-12)9(4)10(14)15/h1-2H,3,13H2,(H2,14,15). The maximum atomic E-state index is 11.4. The Bertz CT molecular complexity index is 580. The van der Waals surface area contributed by atoms with Crippen molar-refractivity contribution in [1.82, 2.24) is 0 Å². The molecule has 2 aromatic rings. The van der Waals surface area contributed by atoms with Crippen LogP contribution < -0.4 is 11.5 Å². The Morgan fingerprint density at radius 3 is 2.75 bits per heavy atom. The lowest BCUT2D eigenvalue weighted by Gasteiger charge is -1.97. The molecule has 0 saturated carbocycles. The van der Waals surface area contributed by atoms with Crippen LogP contribution in [0.2, 0.25) is 0 Å². The van der Waals surface area contributed by atoms with Crippen molar-refractivity contribution in [1.29, 1.82) is 0 Å². The van der Waals surface area contributed by atoms with Crippen molar-refractivity contribution in [2.24, 2.45) is 5.73 Å². The van der Waals surface area contributed by atoms with Crippen LogP contribution in [-0.2, 0) is 4.43 Å². The minimum Gasteiger partial charge on any atom is -0.459 e. The van der Waals surface area contributed by atoms with E-state index in [9.17, 15) is 4.79 Å². The first-order valence-corrected chi connectivity index (χ1v) is 6.72. The van der Waals surface area contributed by atoms with Crippen LogP contribution in [0.15, 0.2) is 21.0 Å². The summed E-state index contributed by atoms with van der Waals surface area (Å²) in [7, 11) is 0. The molecule has 0 atom stereocenters. The number of hydrogen-bond acceptors (Lipinski definition) is 3. The Hall–Kier alpha value is -0.760. The zero-order valence-corrected chi connectivity index (χ0v) is 11.8. The van der Waals surface area contributed by atoms with E-state index >= 15 is 0 Å². The van der Waals surface area contributed by atoms with E-state index in [2.05, 4.69) is 38.5 Å². The van der Waals surface area contributed by atoms with Gasteiger partial charge in [-0.25, -0.2) is 0 Å². The second kappa shape index (κ2) is 4.25. The highest BCUT2D eigenvalue weighted by atomic mass is 127. The number of benzene rings is 1. The number of primary amides is 1. The molecule has 0 bridgehead atoms. The van der Waals surface area contributed by atoms with Gasteiger partial charge in [-0.1, -0.05) is 22.6 Å². The van der Waals surface area contributed by atoms with Gasteiger partial charge in [0.2, 0.25) is 0 Å². The average molecular weight is 395 g/mol. The summed E-state index contributed by atoms with van der Waals surface area (Å²) in [5.74, 6) is 0.0997. The lowest BCUT2D eigenvalue weighted by Crippen LogP contribution is -2.12. The zero-order valence-electron chi connectivity index (χ0n) is 8.09. The Morgan fingerprint density at radius 2 is 2.19 bits per heavy atom. The molecule has 4 N–H and O–H groups in total. The van der Waals surface area contributed by atoms with E-state index < -0.39 is 5.91 Å². The van der Waals surface area contributed by atoms with E-state index in [0.717, 1.165) is 4.47 Å². The summed E-state index contributed by atoms with van der Waals surface area (Å²) < 4.78 is 6.85. The van der Waals surface area contributed by atoms with Gasteiger partial charge in [0.05, 0.1) is 9.99 Å². The molecular weight excluding hydrogens is 387 g/mol. The van der Waals surface area contributed by atoms with Crippen molar-refractivity contribution in [2.45, 2.75) is 4.43 Å². The van der Waals surface area contributed by atoms with Gasteiger partial charge in [0.25, 0.3) is 5.91 Å². The molecule has 0 spiro atoms. The van der Waals surface area contributed by atoms with Crippen molar-refractivity contribution in [3.63, 3.8) is 0 Å². The molecule has 1 amide bonds. The molecule has 0 unspecified atom stereocenters. The number of hydrogen-bond donors (Lipinski definition) is 2. The molecule has 0 radical (unpaired) electrons. The van der Waals surface area contributed by atoms with E-state index in [1.165, 1.54) is 0 Å². The lowest BCUT2D eigenvalue weighted by atomic mass is 10.1. The number of carbonyl (C=O) groups is 1. The van der Waals surface area contributed by atoms with Gasteiger partial charge in [0.1, 0.15) is 11.3 Å². The van der Waals surface area contributed by atoms with Crippen LogP contribution in [0.4, 0.5) is 5.69 Å². The number of fused-ring (bicyclic) bond motifs is 1. The van der Waals surface area contributed by atoms with Gasteiger partial charge in [-0.2, -0.15) is 0 Å². The highest BCUT2D eigenvalue weighted by Crippen LogP contribution is 2.33. The monoisotopic (exact) mass is 394 g/mol. The number of carbonyl (C=O) groups excluding carboxylic acids is 1. The molecule has 1 aromatic heterocycles. The van der Waals surface area contributed by atoms with Crippen LogP contribution in [0, 0.1) is 0 Å². The molecule has 1 heterocycles. The van der Waals surface area contributed by atoms with Crippen molar-refractivity contribution in [3.05, 3.63) is 27.9 Å². The van der Waals surface area contributed by atoms with Crippen LogP contribution in [0.1, 0.15) is 16.1 Å². The third-order valence-electron chi connectivity index (χ3n) is 2.25. The first-order chi connectivity index (χ1) is 7.54. The fraction of sp³-hybridized carbons (Fsp3) is 0.100. The third-order valence-corrected chi connectivity index (χ3v) is 3.63. The van der Waals surface area contributed by atoms with Gasteiger partial charge in [0, 0.05) is 21.6 Å². The number of alkyl halides is 1. The fourth-order valence-electron chi connectivity index (χ4n) is 1.55. The molecule has 0 aliphatic carbocycles. The van der Waals surface area contributed by atoms with Crippen molar-refractivity contribution >= 4 is 61.1 Å². The molecule has 2 rings (SSSR count). The van der Waals surface area contributed by atoms with E-state index in [-0.39, 0.29) is 0 Å². The Labute approximate surface area is 114 Å². The van der Waals surface area contributed by atoms with Crippen LogP contribution in [-0.4, -0.2) is 5.91 Å². The van der Waals surface area contributed by atoms with E-state index in [1.807, 2.05) is 0 Å². The number of nitrogen functional groups attached to an aromatic ring is 1. The normalized spacial score (nSPS) is 10.9. The van der Waals surface area contributed by atoms with Gasteiger partial charge >= 0.3 is 0 Å². The molecule has 1 aromatic carbocycles. The molecule has 0 fully saturated rings. The predicted octanol–water partition coefficient (Wildman–Crippen LogP) is 2.81. The average Bonchev–Trinajstić information content (AvgIpc) is 2.56. The lowest BCUT2D eigenvalue weighted by molar-refractivity contribution is 0.1000. The predicted molar refractivity (Wildman–Crippen MR) is 74.6 cm³/mol. The maximum Gasteiger partial charge on any atom is 0.252 e. The zero-order chi connectivity index (χ0) is 11.9. The Morgan fingerprint density at radius 1 is 1.50 bits per heavy atom. The molecule has 4 nitrogen and oxygen atoms in total. The first-order valence-electron chi connectivity index (χ1n) is 4.40. The quantitative estimate of drug-likeness (QED) is 0.466. The summed E-state index contributed by atoms with van der Waals surface area (Å²) in [6.07, 6.45) is 0. The van der Waals surface area contributed by atoms with E-state index in [4.69, 9.17) is 15.9 Å². The van der Waals surface area contributed by atoms with Gasteiger partial charge in [0.15, 0.2) is 0 Å². The van der Waals surface area contributed by atoms with Crippen molar-refractivity contribution < 1.29 is 9.21 Å². The largest absolute Gasteiger partial charge is 0.459 e. The summed E-state index contributed by atoms with van der Waals surface area (Å²) in [5.41, 5.74) is 12.7. The van der Waals surface area contributed by atoms with Crippen LogP contribution in [0.25, 0.3) is 11.0 Å². The second-order valence-corrected chi connectivity index (χ2v) is 4.89. The highest BCUT2D eigenvalue weighted by Gasteiger charge is 2.18. The number of amides is 1. The topological polar surface area (TPSA) is 82.2 Å². The van der Waals surface area contributed by atoms with Gasteiger partial charge in [-0.15, -0.1) is 0 Å². The second-order valence-electron chi connectivity index (χ2n) is 3.27. The highest BCUT2D eigenvalue weighted by molar-refractivity contribution is 14.1.